The summed E-state index contributed by atoms with van der Waals surface area (Å²) in [4.78, 5) is 0. The molecular formula is C11H24O. The molecule has 0 aromatic heterocycles. The van der Waals surface area contributed by atoms with Crippen LogP contribution in [0.15, 0.2) is 0 Å². The number of rotatable bonds is 6. The fourth-order valence-electron chi connectivity index (χ4n) is 1.73. The molecule has 2 atom stereocenters. The van der Waals surface area contributed by atoms with Crippen molar-refractivity contribution in [3.8, 4) is 0 Å². The maximum absolute atomic E-state index is 9.76. The van der Waals surface area contributed by atoms with E-state index in [1.54, 1.807) is 0 Å². The Bertz CT molecular complexity index is 99.2. The van der Waals surface area contributed by atoms with Crippen LogP contribution < -0.4 is 0 Å². The van der Waals surface area contributed by atoms with E-state index in [1.807, 2.05) is 0 Å². The molecule has 12 heavy (non-hydrogen) atoms. The van der Waals surface area contributed by atoms with Crippen molar-refractivity contribution < 1.29 is 5.11 Å². The van der Waals surface area contributed by atoms with Crippen LogP contribution in [0.25, 0.3) is 0 Å². The minimum Gasteiger partial charge on any atom is -0.393 e. The molecule has 1 nitrogen and oxygen atoms in total. The van der Waals surface area contributed by atoms with Crippen molar-refractivity contribution in [3.05, 3.63) is 0 Å². The van der Waals surface area contributed by atoms with Crippen LogP contribution in [-0.2, 0) is 0 Å². The average Bonchev–Trinajstić information content (AvgIpc) is 2.00. The van der Waals surface area contributed by atoms with E-state index < -0.39 is 0 Å². The molecule has 0 heterocycles. The first-order valence-electron chi connectivity index (χ1n) is 5.29. The first-order chi connectivity index (χ1) is 5.61. The third-order valence-corrected chi connectivity index (χ3v) is 2.43. The van der Waals surface area contributed by atoms with Crippen LogP contribution in [0.3, 0.4) is 0 Å². The van der Waals surface area contributed by atoms with E-state index in [4.69, 9.17) is 0 Å². The first kappa shape index (κ1) is 12.0. The highest BCUT2D eigenvalue weighted by Gasteiger charge is 2.17. The summed E-state index contributed by atoms with van der Waals surface area (Å²) in [5.41, 5.74) is 0. The second-order valence-electron chi connectivity index (χ2n) is 4.15. The lowest BCUT2D eigenvalue weighted by Crippen LogP contribution is -2.21. The van der Waals surface area contributed by atoms with Gasteiger partial charge in [0.15, 0.2) is 0 Å². The molecule has 0 aliphatic heterocycles. The normalized spacial score (nSPS) is 16.5. The number of hydrogen-bond acceptors (Lipinski definition) is 1. The summed E-state index contributed by atoms with van der Waals surface area (Å²) in [5.74, 6) is 1.23. The van der Waals surface area contributed by atoms with Crippen LogP contribution in [0.1, 0.15) is 53.4 Å². The highest BCUT2D eigenvalue weighted by Crippen LogP contribution is 2.21. The molecule has 1 N–H and O–H groups in total. The van der Waals surface area contributed by atoms with Gasteiger partial charge in [-0.2, -0.15) is 0 Å². The standard InChI is InChI=1S/C11H24O/c1-5-7-11(12)10(6-2)8-9(3)4/h9-12H,5-8H2,1-4H3. The Labute approximate surface area is 77.2 Å². The van der Waals surface area contributed by atoms with Crippen LogP contribution in [0.4, 0.5) is 0 Å². The van der Waals surface area contributed by atoms with E-state index in [-0.39, 0.29) is 6.10 Å². The van der Waals surface area contributed by atoms with Crippen LogP contribution in [0.5, 0.6) is 0 Å². The topological polar surface area (TPSA) is 20.2 Å². The van der Waals surface area contributed by atoms with Gasteiger partial charge in [0, 0.05) is 0 Å². The fourth-order valence-corrected chi connectivity index (χ4v) is 1.73. The summed E-state index contributed by atoms with van der Waals surface area (Å²) < 4.78 is 0. The van der Waals surface area contributed by atoms with Gasteiger partial charge in [-0.25, -0.2) is 0 Å². The largest absolute Gasteiger partial charge is 0.393 e. The van der Waals surface area contributed by atoms with Gasteiger partial charge in [0.25, 0.3) is 0 Å². The molecule has 0 aromatic rings. The molecule has 0 fully saturated rings. The lowest BCUT2D eigenvalue weighted by molar-refractivity contribution is 0.0838. The van der Waals surface area contributed by atoms with Gasteiger partial charge in [-0.05, 0) is 24.7 Å². The molecule has 0 saturated heterocycles. The van der Waals surface area contributed by atoms with Crippen LogP contribution in [-0.4, -0.2) is 11.2 Å². The van der Waals surface area contributed by atoms with Gasteiger partial charge in [-0.15, -0.1) is 0 Å². The van der Waals surface area contributed by atoms with Gasteiger partial charge >= 0.3 is 0 Å². The Morgan fingerprint density at radius 1 is 1.17 bits per heavy atom. The predicted octanol–water partition coefficient (Wildman–Crippen LogP) is 3.22. The lowest BCUT2D eigenvalue weighted by atomic mass is 9.88. The summed E-state index contributed by atoms with van der Waals surface area (Å²) in [6.07, 6.45) is 4.26. The van der Waals surface area contributed by atoms with Gasteiger partial charge in [0.1, 0.15) is 0 Å². The molecule has 1 heteroatoms. The highest BCUT2D eigenvalue weighted by molar-refractivity contribution is 4.68. The predicted molar refractivity (Wildman–Crippen MR) is 54.2 cm³/mol. The van der Waals surface area contributed by atoms with Gasteiger partial charge < -0.3 is 5.11 Å². The molecule has 0 spiro atoms. The van der Waals surface area contributed by atoms with Crippen LogP contribution in [0, 0.1) is 11.8 Å². The van der Waals surface area contributed by atoms with E-state index in [2.05, 4.69) is 27.7 Å². The van der Waals surface area contributed by atoms with Crippen molar-refractivity contribution in [2.75, 3.05) is 0 Å². The van der Waals surface area contributed by atoms with Crippen molar-refractivity contribution in [1.82, 2.24) is 0 Å². The second-order valence-corrected chi connectivity index (χ2v) is 4.15. The van der Waals surface area contributed by atoms with Gasteiger partial charge in [0.2, 0.25) is 0 Å². The SMILES string of the molecule is CCCC(O)C(CC)CC(C)C. The molecule has 0 aliphatic carbocycles. The Kier molecular flexibility index (Phi) is 6.45. The van der Waals surface area contributed by atoms with E-state index in [0.29, 0.717) is 11.8 Å². The minimum absolute atomic E-state index is 0.0672. The van der Waals surface area contributed by atoms with Gasteiger partial charge in [-0.3, -0.25) is 0 Å². The Morgan fingerprint density at radius 2 is 1.75 bits per heavy atom. The summed E-state index contributed by atoms with van der Waals surface area (Å²) in [7, 11) is 0. The van der Waals surface area contributed by atoms with Gasteiger partial charge in [0.05, 0.1) is 6.10 Å². The summed E-state index contributed by atoms with van der Waals surface area (Å²) in [6.45, 7) is 8.75. The molecular weight excluding hydrogens is 148 g/mol. The first-order valence-corrected chi connectivity index (χ1v) is 5.29. The van der Waals surface area contributed by atoms with Crippen molar-refractivity contribution in [3.63, 3.8) is 0 Å². The summed E-state index contributed by atoms with van der Waals surface area (Å²) in [5, 5.41) is 9.76. The molecule has 0 aromatic carbocycles. The van der Waals surface area contributed by atoms with Crippen molar-refractivity contribution >= 4 is 0 Å². The molecule has 0 amide bonds. The Hall–Kier alpha value is -0.0400. The minimum atomic E-state index is -0.0672. The number of hydrogen-bond donors (Lipinski definition) is 1. The second kappa shape index (κ2) is 6.47. The maximum Gasteiger partial charge on any atom is 0.0568 e. The quantitative estimate of drug-likeness (QED) is 0.652. The van der Waals surface area contributed by atoms with Crippen molar-refractivity contribution in [1.29, 1.82) is 0 Å². The lowest BCUT2D eigenvalue weighted by Gasteiger charge is -2.22. The molecule has 0 bridgehead atoms. The molecule has 0 aliphatic rings. The third kappa shape index (κ3) is 4.76. The zero-order chi connectivity index (χ0) is 9.56. The highest BCUT2D eigenvalue weighted by atomic mass is 16.3. The van der Waals surface area contributed by atoms with Gasteiger partial charge in [-0.1, -0.05) is 40.5 Å². The van der Waals surface area contributed by atoms with E-state index >= 15 is 0 Å². The monoisotopic (exact) mass is 172 g/mol. The van der Waals surface area contributed by atoms with E-state index in [0.717, 1.165) is 25.7 Å². The average molecular weight is 172 g/mol. The van der Waals surface area contributed by atoms with Crippen molar-refractivity contribution in [2.45, 2.75) is 59.5 Å². The zero-order valence-electron chi connectivity index (χ0n) is 9.01. The van der Waals surface area contributed by atoms with Crippen LogP contribution in [0.2, 0.25) is 0 Å². The summed E-state index contributed by atoms with van der Waals surface area (Å²) in [6, 6.07) is 0. The smallest absolute Gasteiger partial charge is 0.0568 e. The molecule has 0 saturated carbocycles. The van der Waals surface area contributed by atoms with E-state index in [1.165, 1.54) is 0 Å². The Balaban J connectivity index is 3.78. The molecule has 2 unspecified atom stereocenters. The number of aliphatic hydroxyl groups excluding tert-OH is 1. The Morgan fingerprint density at radius 3 is 2.08 bits per heavy atom. The molecule has 0 radical (unpaired) electrons. The molecule has 0 rings (SSSR count). The number of aliphatic hydroxyl groups is 1. The third-order valence-electron chi connectivity index (χ3n) is 2.43. The van der Waals surface area contributed by atoms with Crippen molar-refractivity contribution in [2.24, 2.45) is 11.8 Å². The maximum atomic E-state index is 9.76. The summed E-state index contributed by atoms with van der Waals surface area (Å²) >= 11 is 0. The fraction of sp³-hybridized carbons (Fsp3) is 1.00. The van der Waals surface area contributed by atoms with Crippen LogP contribution >= 0.6 is 0 Å². The van der Waals surface area contributed by atoms with E-state index in [9.17, 15) is 5.11 Å². The zero-order valence-corrected chi connectivity index (χ0v) is 9.01. The molecule has 74 valence electrons.